The Morgan fingerprint density at radius 1 is 1.14 bits per heavy atom. The van der Waals surface area contributed by atoms with E-state index in [0.29, 0.717) is 31.2 Å². The Bertz CT molecular complexity index is 1310. The molecule has 0 spiro atoms. The first kappa shape index (κ1) is 23.7. The Labute approximate surface area is 209 Å². The number of aromatic nitrogens is 6. The molecular weight excluding hydrogens is 458 g/mol. The quantitative estimate of drug-likeness (QED) is 0.394. The van der Waals surface area contributed by atoms with Gasteiger partial charge in [-0.1, -0.05) is 40.7 Å². The molecule has 0 aliphatic carbocycles. The number of likely N-dealkylation sites (tertiary alicyclic amines) is 1. The molecule has 5 rings (SSSR count). The van der Waals surface area contributed by atoms with E-state index in [1.165, 1.54) is 0 Å². The Balaban J connectivity index is 1.21. The maximum atomic E-state index is 12.5. The van der Waals surface area contributed by atoms with E-state index < -0.39 is 5.60 Å². The summed E-state index contributed by atoms with van der Waals surface area (Å²) in [5, 5.41) is 12.6. The SMILES string of the molecule is CC(C)(C)OC(=O)N1CCC[C@H]1Cc1nc(-c2ccc(Cn3cc(-c4ccccn4)nn3)cc2)no1. The minimum atomic E-state index is -0.524. The van der Waals surface area contributed by atoms with Crippen LogP contribution in [0.25, 0.3) is 22.8 Å². The third-order valence-corrected chi connectivity index (χ3v) is 5.91. The zero-order valence-electron chi connectivity index (χ0n) is 20.7. The number of amides is 1. The second kappa shape index (κ2) is 9.88. The number of carbonyl (C=O) groups excluding carboxylic acids is 1. The van der Waals surface area contributed by atoms with Crippen LogP contribution in [0.2, 0.25) is 0 Å². The van der Waals surface area contributed by atoms with Crippen molar-refractivity contribution in [3.63, 3.8) is 0 Å². The van der Waals surface area contributed by atoms with Gasteiger partial charge in [-0.25, -0.2) is 9.48 Å². The van der Waals surface area contributed by atoms with Crippen LogP contribution in [0.4, 0.5) is 4.79 Å². The lowest BCUT2D eigenvalue weighted by molar-refractivity contribution is 0.0222. The summed E-state index contributed by atoms with van der Waals surface area (Å²) in [7, 11) is 0. The molecule has 4 aromatic rings. The van der Waals surface area contributed by atoms with E-state index in [4.69, 9.17) is 9.26 Å². The average molecular weight is 488 g/mol. The highest BCUT2D eigenvalue weighted by Gasteiger charge is 2.33. The minimum absolute atomic E-state index is 0.00539. The van der Waals surface area contributed by atoms with Crippen molar-refractivity contribution in [3.8, 4) is 22.8 Å². The first-order valence-electron chi connectivity index (χ1n) is 12.1. The average Bonchev–Trinajstić information content (AvgIpc) is 3.61. The van der Waals surface area contributed by atoms with Crippen molar-refractivity contribution in [2.24, 2.45) is 0 Å². The summed E-state index contributed by atoms with van der Waals surface area (Å²) in [6, 6.07) is 13.6. The van der Waals surface area contributed by atoms with E-state index >= 15 is 0 Å². The van der Waals surface area contributed by atoms with Gasteiger partial charge in [-0.05, 0) is 51.3 Å². The number of hydrogen-bond donors (Lipinski definition) is 0. The third kappa shape index (κ3) is 5.59. The molecule has 1 aliphatic rings. The van der Waals surface area contributed by atoms with Gasteiger partial charge in [-0.2, -0.15) is 4.98 Å². The Morgan fingerprint density at radius 3 is 2.72 bits per heavy atom. The molecule has 10 heteroatoms. The Hall–Kier alpha value is -4.08. The van der Waals surface area contributed by atoms with E-state index in [1.807, 2.05) is 69.4 Å². The zero-order valence-corrected chi connectivity index (χ0v) is 20.7. The van der Waals surface area contributed by atoms with Crippen molar-refractivity contribution in [2.75, 3.05) is 6.54 Å². The molecule has 1 fully saturated rings. The molecule has 1 saturated heterocycles. The second-order valence-electron chi connectivity index (χ2n) is 9.90. The number of rotatable bonds is 6. The van der Waals surface area contributed by atoms with Crippen LogP contribution in [0.5, 0.6) is 0 Å². The highest BCUT2D eigenvalue weighted by Crippen LogP contribution is 2.25. The van der Waals surface area contributed by atoms with Crippen LogP contribution in [0, 0.1) is 0 Å². The summed E-state index contributed by atoms with van der Waals surface area (Å²) in [4.78, 5) is 23.2. The summed E-state index contributed by atoms with van der Waals surface area (Å²) in [5.74, 6) is 1.04. The fourth-order valence-corrected chi connectivity index (χ4v) is 4.22. The van der Waals surface area contributed by atoms with E-state index in [1.54, 1.807) is 15.8 Å². The molecule has 0 saturated carbocycles. The largest absolute Gasteiger partial charge is 0.444 e. The van der Waals surface area contributed by atoms with Gasteiger partial charge in [0, 0.05) is 30.8 Å². The predicted octanol–water partition coefficient (Wildman–Crippen LogP) is 4.38. The van der Waals surface area contributed by atoms with Crippen LogP contribution in [0.3, 0.4) is 0 Å². The standard InChI is InChI=1S/C26H29N7O3/c1-26(2,3)35-25(34)33-14-6-7-20(33)15-23-28-24(30-36-23)19-11-9-18(10-12-19)16-32-17-22(29-31-32)21-8-4-5-13-27-21/h4-5,8-13,17,20H,6-7,14-16H2,1-3H3/t20-/m0/s1. The lowest BCUT2D eigenvalue weighted by Crippen LogP contribution is -2.40. The van der Waals surface area contributed by atoms with Crippen molar-refractivity contribution in [2.45, 2.75) is 58.2 Å². The van der Waals surface area contributed by atoms with Crippen LogP contribution >= 0.6 is 0 Å². The van der Waals surface area contributed by atoms with Gasteiger partial charge in [0.05, 0.1) is 18.4 Å². The topological polar surface area (TPSA) is 112 Å². The van der Waals surface area contributed by atoms with Gasteiger partial charge in [-0.3, -0.25) is 4.98 Å². The first-order chi connectivity index (χ1) is 17.3. The van der Waals surface area contributed by atoms with Gasteiger partial charge in [0.2, 0.25) is 11.7 Å². The maximum absolute atomic E-state index is 12.5. The molecule has 0 bridgehead atoms. The molecule has 186 valence electrons. The number of hydrogen-bond acceptors (Lipinski definition) is 8. The van der Waals surface area contributed by atoms with E-state index in [2.05, 4.69) is 25.4 Å². The third-order valence-electron chi connectivity index (χ3n) is 5.91. The highest BCUT2D eigenvalue weighted by atomic mass is 16.6. The monoisotopic (exact) mass is 487 g/mol. The summed E-state index contributed by atoms with van der Waals surface area (Å²) in [6.45, 7) is 6.88. The zero-order chi connectivity index (χ0) is 25.1. The van der Waals surface area contributed by atoms with Gasteiger partial charge in [0.1, 0.15) is 11.3 Å². The van der Waals surface area contributed by atoms with Crippen LogP contribution in [-0.2, 0) is 17.7 Å². The molecule has 36 heavy (non-hydrogen) atoms. The van der Waals surface area contributed by atoms with Gasteiger partial charge in [0.15, 0.2) is 0 Å². The second-order valence-corrected chi connectivity index (χ2v) is 9.90. The van der Waals surface area contributed by atoms with Gasteiger partial charge < -0.3 is 14.2 Å². The molecule has 0 N–H and O–H groups in total. The van der Waals surface area contributed by atoms with Crippen molar-refractivity contribution in [1.82, 2.24) is 35.0 Å². The van der Waals surface area contributed by atoms with Crippen molar-refractivity contribution >= 4 is 6.09 Å². The van der Waals surface area contributed by atoms with Crippen LogP contribution < -0.4 is 0 Å². The smallest absolute Gasteiger partial charge is 0.410 e. The van der Waals surface area contributed by atoms with Crippen molar-refractivity contribution in [3.05, 3.63) is 66.3 Å². The van der Waals surface area contributed by atoms with Crippen LogP contribution in [0.15, 0.2) is 59.4 Å². The van der Waals surface area contributed by atoms with Crippen LogP contribution in [-0.4, -0.2) is 59.3 Å². The highest BCUT2D eigenvalue weighted by molar-refractivity contribution is 5.69. The fraction of sp³-hybridized carbons (Fsp3) is 0.385. The van der Waals surface area contributed by atoms with Crippen molar-refractivity contribution < 1.29 is 14.1 Å². The molecule has 1 atom stereocenters. The number of nitrogens with zero attached hydrogens (tertiary/aromatic N) is 7. The summed E-state index contributed by atoms with van der Waals surface area (Å²) in [6.07, 6.45) is 5.65. The summed E-state index contributed by atoms with van der Waals surface area (Å²) in [5.41, 5.74) is 2.93. The Morgan fingerprint density at radius 2 is 1.97 bits per heavy atom. The molecule has 0 radical (unpaired) electrons. The molecule has 10 nitrogen and oxygen atoms in total. The molecule has 1 amide bonds. The summed E-state index contributed by atoms with van der Waals surface area (Å²) < 4.78 is 12.8. The lowest BCUT2D eigenvalue weighted by Gasteiger charge is -2.28. The van der Waals surface area contributed by atoms with E-state index in [9.17, 15) is 4.79 Å². The minimum Gasteiger partial charge on any atom is -0.444 e. The molecular formula is C26H29N7O3. The number of benzene rings is 1. The normalized spacial score (nSPS) is 15.9. The molecule has 3 aromatic heterocycles. The van der Waals surface area contributed by atoms with E-state index in [0.717, 1.165) is 35.4 Å². The molecule has 1 aliphatic heterocycles. The fourth-order valence-electron chi connectivity index (χ4n) is 4.22. The Kier molecular flexibility index (Phi) is 6.49. The van der Waals surface area contributed by atoms with Gasteiger partial charge in [0.25, 0.3) is 0 Å². The van der Waals surface area contributed by atoms with Gasteiger partial charge in [-0.15, -0.1) is 5.10 Å². The first-order valence-corrected chi connectivity index (χ1v) is 12.1. The number of pyridine rings is 1. The summed E-state index contributed by atoms with van der Waals surface area (Å²) >= 11 is 0. The maximum Gasteiger partial charge on any atom is 0.410 e. The van der Waals surface area contributed by atoms with E-state index in [-0.39, 0.29) is 12.1 Å². The molecule has 1 aromatic carbocycles. The molecule has 4 heterocycles. The lowest BCUT2D eigenvalue weighted by atomic mass is 10.1. The number of ether oxygens (including phenoxy) is 1. The van der Waals surface area contributed by atoms with Crippen molar-refractivity contribution in [1.29, 1.82) is 0 Å². The van der Waals surface area contributed by atoms with Crippen LogP contribution in [0.1, 0.15) is 45.1 Å². The van der Waals surface area contributed by atoms with Gasteiger partial charge >= 0.3 is 6.09 Å². The molecule has 0 unspecified atom stereocenters. The predicted molar refractivity (Wildman–Crippen MR) is 132 cm³/mol. The number of carbonyl (C=O) groups is 1.